The smallest absolute Gasteiger partial charge is 0.188 e. The van der Waals surface area contributed by atoms with Gasteiger partial charge in [0.2, 0.25) is 0 Å². The summed E-state index contributed by atoms with van der Waals surface area (Å²) in [6.07, 6.45) is 1.83. The Morgan fingerprint density at radius 1 is 1.41 bits per heavy atom. The first-order valence-corrected chi connectivity index (χ1v) is 9.90. The van der Waals surface area contributed by atoms with E-state index in [1.54, 1.807) is 39.2 Å². The molecule has 10 heteroatoms. The van der Waals surface area contributed by atoms with Gasteiger partial charge in [-0.25, -0.2) is 8.51 Å². The molecule has 0 saturated carbocycles. The molecule has 0 aliphatic rings. The van der Waals surface area contributed by atoms with Gasteiger partial charge in [0.15, 0.2) is 17.4 Å². The molecule has 1 aromatic heterocycles. The van der Waals surface area contributed by atoms with E-state index in [1.165, 1.54) is 4.31 Å². The van der Waals surface area contributed by atoms with Crippen LogP contribution in [-0.2, 0) is 15.7 Å². The number of anilines is 3. The number of allylic oxidation sites excluding steroid dienone is 2. The zero-order valence-electron chi connectivity index (χ0n) is 15.6. The van der Waals surface area contributed by atoms with Crippen molar-refractivity contribution in [2.45, 2.75) is 18.7 Å². The summed E-state index contributed by atoms with van der Waals surface area (Å²) >= 11 is 1.03. The van der Waals surface area contributed by atoms with Crippen molar-refractivity contribution in [2.24, 2.45) is 0 Å². The number of phenolic OH excluding ortho intramolecular Hbond substituents is 1. The van der Waals surface area contributed by atoms with Crippen molar-refractivity contribution >= 4 is 40.0 Å². The molecule has 1 atom stereocenters. The Kier molecular flexibility index (Phi) is 7.34. The lowest BCUT2D eigenvalue weighted by atomic mass is 10.3. The van der Waals surface area contributed by atoms with E-state index in [2.05, 4.69) is 26.0 Å². The van der Waals surface area contributed by atoms with Gasteiger partial charge in [0, 0.05) is 0 Å². The third-order valence-corrected chi connectivity index (χ3v) is 5.22. The van der Waals surface area contributed by atoms with Crippen molar-refractivity contribution in [1.29, 1.82) is 0 Å². The largest absolute Gasteiger partial charge is 0.505 e. The molecule has 3 N–H and O–H groups in total. The first-order valence-electron chi connectivity index (χ1n) is 8.06. The summed E-state index contributed by atoms with van der Waals surface area (Å²) in [6, 6.07) is 5.00. The Labute approximate surface area is 165 Å². The maximum Gasteiger partial charge on any atom is 0.188 e. The van der Waals surface area contributed by atoms with Gasteiger partial charge in [-0.05, 0) is 46.2 Å². The van der Waals surface area contributed by atoms with Crippen LogP contribution in [0.15, 0.2) is 47.3 Å². The monoisotopic (exact) mass is 409 g/mol. The summed E-state index contributed by atoms with van der Waals surface area (Å²) in [4.78, 5) is 0.314. The molecule has 0 amide bonds. The molecule has 2 aromatic rings. The average Bonchev–Trinajstić information content (AvgIpc) is 3.06. The number of benzene rings is 1. The Morgan fingerprint density at radius 3 is 2.74 bits per heavy atom. The van der Waals surface area contributed by atoms with Gasteiger partial charge in [0.1, 0.15) is 16.7 Å². The molecule has 1 heterocycles. The lowest BCUT2D eigenvalue weighted by molar-refractivity contribution is 0.306. The van der Waals surface area contributed by atoms with Crippen LogP contribution >= 0.6 is 11.7 Å². The molecule has 146 valence electrons. The highest BCUT2D eigenvalue weighted by Crippen LogP contribution is 2.34. The van der Waals surface area contributed by atoms with Crippen molar-refractivity contribution in [3.05, 3.63) is 42.4 Å². The van der Waals surface area contributed by atoms with Crippen LogP contribution in [-0.4, -0.2) is 43.0 Å². The molecular weight excluding hydrogens is 386 g/mol. The summed E-state index contributed by atoms with van der Waals surface area (Å²) in [7, 11) is 1.88. The number of hydrogen-bond acceptors (Lipinski definition) is 8. The van der Waals surface area contributed by atoms with E-state index in [0.29, 0.717) is 40.3 Å². The second kappa shape index (κ2) is 9.49. The molecule has 1 aromatic carbocycles. The van der Waals surface area contributed by atoms with E-state index in [4.69, 9.17) is 4.74 Å². The molecule has 0 spiro atoms. The third-order valence-electron chi connectivity index (χ3n) is 3.32. The SMILES string of the molecule is C=C(C)O/C(=C\C)CNc1nsnc1Nc1cccc(S(=O)N(C)C)c1O. The highest BCUT2D eigenvalue weighted by molar-refractivity contribution is 7.82. The number of ether oxygens (including phenoxy) is 1. The zero-order valence-corrected chi connectivity index (χ0v) is 17.3. The van der Waals surface area contributed by atoms with Crippen molar-refractivity contribution in [3.63, 3.8) is 0 Å². The number of nitrogens with one attached hydrogen (secondary N) is 2. The second-order valence-corrected chi connectivity index (χ2v) is 7.91. The van der Waals surface area contributed by atoms with Gasteiger partial charge in [0.25, 0.3) is 0 Å². The van der Waals surface area contributed by atoms with Crippen molar-refractivity contribution in [1.82, 2.24) is 13.1 Å². The molecule has 27 heavy (non-hydrogen) atoms. The predicted octanol–water partition coefficient (Wildman–Crippen LogP) is 3.44. The van der Waals surface area contributed by atoms with Crippen LogP contribution in [0.2, 0.25) is 0 Å². The summed E-state index contributed by atoms with van der Waals surface area (Å²) in [5.41, 5.74) is 0.392. The van der Waals surface area contributed by atoms with E-state index in [0.717, 1.165) is 11.7 Å². The number of nitrogens with zero attached hydrogens (tertiary/aromatic N) is 3. The highest BCUT2D eigenvalue weighted by atomic mass is 32.2. The fraction of sp³-hybridized carbons (Fsp3) is 0.294. The fourth-order valence-electron chi connectivity index (χ4n) is 2.07. The number of hydrogen-bond donors (Lipinski definition) is 3. The summed E-state index contributed by atoms with van der Waals surface area (Å²) < 4.78 is 27.7. The first kappa shape index (κ1) is 20.9. The molecule has 0 saturated heterocycles. The Morgan fingerprint density at radius 2 is 2.11 bits per heavy atom. The Bertz CT molecular complexity index is 864. The summed E-state index contributed by atoms with van der Waals surface area (Å²) in [6.45, 7) is 7.76. The average molecular weight is 410 g/mol. The van der Waals surface area contributed by atoms with Crippen LogP contribution in [0.4, 0.5) is 17.3 Å². The molecule has 0 bridgehead atoms. The first-order chi connectivity index (χ1) is 12.8. The Balaban J connectivity index is 2.16. The number of phenols is 1. The maximum absolute atomic E-state index is 12.3. The minimum absolute atomic E-state index is 0.0942. The van der Waals surface area contributed by atoms with Gasteiger partial charge in [-0.2, -0.15) is 8.75 Å². The molecule has 0 fully saturated rings. The van der Waals surface area contributed by atoms with Crippen LogP contribution in [0, 0.1) is 0 Å². The standard InChI is InChI=1S/C17H23N5O3S2/c1-6-12(25-11(2)3)10-18-16-17(21-26-20-16)19-13-8-7-9-14(15(13)23)27(24)22(4)5/h6-9,23H,2,10H2,1,3-5H3,(H,18,20)(H,19,21)/b12-6-. The Hall–Kier alpha value is -2.43. The van der Waals surface area contributed by atoms with Crippen LogP contribution in [0.3, 0.4) is 0 Å². The molecule has 0 aliphatic carbocycles. The van der Waals surface area contributed by atoms with Gasteiger partial charge in [-0.15, -0.1) is 0 Å². The molecule has 1 unspecified atom stereocenters. The van der Waals surface area contributed by atoms with Gasteiger partial charge < -0.3 is 20.5 Å². The molecule has 8 nitrogen and oxygen atoms in total. The van der Waals surface area contributed by atoms with E-state index >= 15 is 0 Å². The van der Waals surface area contributed by atoms with Gasteiger partial charge in [-0.1, -0.05) is 12.6 Å². The van der Waals surface area contributed by atoms with Gasteiger partial charge >= 0.3 is 0 Å². The van der Waals surface area contributed by atoms with E-state index in [9.17, 15) is 9.32 Å². The van der Waals surface area contributed by atoms with Crippen LogP contribution < -0.4 is 10.6 Å². The lowest BCUT2D eigenvalue weighted by Gasteiger charge is -2.14. The minimum atomic E-state index is -1.47. The normalized spacial score (nSPS) is 12.7. The number of rotatable bonds is 9. The molecule has 2 rings (SSSR count). The highest BCUT2D eigenvalue weighted by Gasteiger charge is 2.17. The van der Waals surface area contributed by atoms with E-state index in [1.807, 2.05) is 13.0 Å². The third kappa shape index (κ3) is 5.52. The maximum atomic E-state index is 12.3. The number of aromatic hydroxyl groups is 1. The van der Waals surface area contributed by atoms with Crippen LogP contribution in [0.1, 0.15) is 13.8 Å². The van der Waals surface area contributed by atoms with Crippen LogP contribution in [0.25, 0.3) is 0 Å². The lowest BCUT2D eigenvalue weighted by Crippen LogP contribution is -2.15. The zero-order chi connectivity index (χ0) is 20.0. The van der Waals surface area contributed by atoms with Crippen molar-refractivity contribution in [2.75, 3.05) is 31.3 Å². The van der Waals surface area contributed by atoms with Crippen LogP contribution in [0.5, 0.6) is 5.75 Å². The van der Waals surface area contributed by atoms with Gasteiger partial charge in [0.05, 0.1) is 34.6 Å². The predicted molar refractivity (Wildman–Crippen MR) is 110 cm³/mol. The molecular formula is C17H23N5O3S2. The fourth-order valence-corrected chi connectivity index (χ4v) is 3.42. The molecule has 0 radical (unpaired) electrons. The number of aromatic nitrogens is 2. The molecule has 0 aliphatic heterocycles. The van der Waals surface area contributed by atoms with E-state index < -0.39 is 11.0 Å². The second-order valence-electron chi connectivity index (χ2n) is 5.71. The van der Waals surface area contributed by atoms with Crippen molar-refractivity contribution < 1.29 is 14.1 Å². The number of para-hydroxylation sites is 1. The quantitative estimate of drug-likeness (QED) is 0.431. The summed E-state index contributed by atoms with van der Waals surface area (Å²) in [5.74, 6) is 2.17. The van der Waals surface area contributed by atoms with Gasteiger partial charge in [-0.3, -0.25) is 0 Å². The minimum Gasteiger partial charge on any atom is -0.505 e. The van der Waals surface area contributed by atoms with Crippen molar-refractivity contribution in [3.8, 4) is 5.75 Å². The van der Waals surface area contributed by atoms with E-state index in [-0.39, 0.29) is 5.75 Å². The summed E-state index contributed by atoms with van der Waals surface area (Å²) in [5, 5.41) is 16.6. The topological polar surface area (TPSA) is 99.6 Å².